The topological polar surface area (TPSA) is 95.0 Å². The largest absolute Gasteiger partial charge is 0.481 e. The van der Waals surface area contributed by atoms with Crippen molar-refractivity contribution in [1.82, 2.24) is 9.21 Å². The van der Waals surface area contributed by atoms with E-state index in [4.69, 9.17) is 5.11 Å². The van der Waals surface area contributed by atoms with E-state index in [-0.39, 0.29) is 36.7 Å². The first-order valence-electron chi connectivity index (χ1n) is 9.29. The van der Waals surface area contributed by atoms with Crippen LogP contribution in [0.4, 0.5) is 0 Å². The van der Waals surface area contributed by atoms with Crippen molar-refractivity contribution < 1.29 is 23.1 Å². The number of rotatable bonds is 8. The highest BCUT2D eigenvalue weighted by Crippen LogP contribution is 2.20. The van der Waals surface area contributed by atoms with Crippen LogP contribution in [0.15, 0.2) is 29.2 Å². The minimum atomic E-state index is -3.57. The molecule has 1 aromatic rings. The van der Waals surface area contributed by atoms with Gasteiger partial charge in [0.2, 0.25) is 15.9 Å². The Labute approximate surface area is 161 Å². The van der Waals surface area contributed by atoms with Crippen LogP contribution in [-0.2, 0) is 26.0 Å². The number of aliphatic carboxylic acids is 1. The summed E-state index contributed by atoms with van der Waals surface area (Å²) >= 11 is 0. The molecule has 1 amide bonds. The number of amides is 1. The number of hydrogen-bond donors (Lipinski definition) is 1. The van der Waals surface area contributed by atoms with Crippen molar-refractivity contribution in [1.29, 1.82) is 0 Å². The molecular weight excluding hydrogens is 368 g/mol. The van der Waals surface area contributed by atoms with Crippen molar-refractivity contribution in [3.05, 3.63) is 29.8 Å². The first-order valence-corrected chi connectivity index (χ1v) is 10.7. The molecule has 2 rings (SSSR count). The lowest BCUT2D eigenvalue weighted by Crippen LogP contribution is -2.50. The Kier molecular flexibility index (Phi) is 7.38. The Morgan fingerprint density at radius 3 is 2.15 bits per heavy atom. The fourth-order valence-corrected chi connectivity index (χ4v) is 4.57. The lowest BCUT2D eigenvalue weighted by Gasteiger charge is -2.34. The van der Waals surface area contributed by atoms with E-state index in [0.29, 0.717) is 25.4 Å². The molecule has 1 N–H and O–H groups in total. The van der Waals surface area contributed by atoms with E-state index in [0.717, 1.165) is 12.0 Å². The molecule has 1 fully saturated rings. The normalized spacial score (nSPS) is 15.9. The van der Waals surface area contributed by atoms with Crippen molar-refractivity contribution in [3.63, 3.8) is 0 Å². The summed E-state index contributed by atoms with van der Waals surface area (Å²) in [5, 5.41) is 8.63. The highest BCUT2D eigenvalue weighted by atomic mass is 32.2. The number of carbonyl (C=O) groups is 2. The Balaban J connectivity index is 1.92. The third-order valence-corrected chi connectivity index (χ3v) is 6.49. The number of carboxylic acid groups (broad SMARTS) is 1. The molecule has 0 aromatic heterocycles. The average Bonchev–Trinajstić information content (AvgIpc) is 2.61. The van der Waals surface area contributed by atoms with Gasteiger partial charge in [-0.2, -0.15) is 4.31 Å². The van der Waals surface area contributed by atoms with Crippen molar-refractivity contribution in [2.24, 2.45) is 5.92 Å². The molecule has 0 radical (unpaired) electrons. The third kappa shape index (κ3) is 6.04. The number of sulfonamides is 1. The minimum absolute atomic E-state index is 0.0348. The van der Waals surface area contributed by atoms with Crippen LogP contribution in [0, 0.1) is 5.92 Å². The SMILES string of the molecule is CC(C)Cc1ccc(S(=O)(=O)N2CCN(C(=O)CCCC(=O)O)CC2)cc1. The van der Waals surface area contributed by atoms with E-state index in [1.165, 1.54) is 4.31 Å². The standard InChI is InChI=1S/C19H28N2O5S/c1-15(2)14-16-6-8-17(9-7-16)27(25,26)21-12-10-20(11-13-21)18(22)4-3-5-19(23)24/h6-9,15H,3-5,10-14H2,1-2H3,(H,23,24). The van der Waals surface area contributed by atoms with Gasteiger partial charge in [0.15, 0.2) is 0 Å². The summed E-state index contributed by atoms with van der Waals surface area (Å²) in [6.45, 7) is 5.40. The van der Waals surface area contributed by atoms with Crippen LogP contribution in [-0.4, -0.2) is 60.8 Å². The molecule has 0 bridgehead atoms. The maximum absolute atomic E-state index is 12.8. The predicted molar refractivity (Wildman–Crippen MR) is 102 cm³/mol. The lowest BCUT2D eigenvalue weighted by molar-refractivity contribution is -0.137. The van der Waals surface area contributed by atoms with Crippen molar-refractivity contribution >= 4 is 21.9 Å². The summed E-state index contributed by atoms with van der Waals surface area (Å²) in [4.78, 5) is 24.5. The van der Waals surface area contributed by atoms with Crippen LogP contribution in [0.3, 0.4) is 0 Å². The van der Waals surface area contributed by atoms with E-state index >= 15 is 0 Å². The van der Waals surface area contributed by atoms with E-state index in [1.807, 2.05) is 12.1 Å². The Morgan fingerprint density at radius 2 is 1.63 bits per heavy atom. The molecule has 150 valence electrons. The van der Waals surface area contributed by atoms with Gasteiger partial charge >= 0.3 is 5.97 Å². The Bertz CT molecular complexity index is 751. The van der Waals surface area contributed by atoms with E-state index in [2.05, 4.69) is 13.8 Å². The van der Waals surface area contributed by atoms with Crippen molar-refractivity contribution in [2.75, 3.05) is 26.2 Å². The van der Waals surface area contributed by atoms with Crippen LogP contribution in [0.25, 0.3) is 0 Å². The summed E-state index contributed by atoms with van der Waals surface area (Å²) < 4.78 is 27.0. The number of carboxylic acids is 1. The number of hydrogen-bond acceptors (Lipinski definition) is 4. The van der Waals surface area contributed by atoms with E-state index in [1.54, 1.807) is 17.0 Å². The number of piperazine rings is 1. The maximum Gasteiger partial charge on any atom is 0.303 e. The third-order valence-electron chi connectivity index (χ3n) is 4.58. The molecule has 27 heavy (non-hydrogen) atoms. The predicted octanol–water partition coefficient (Wildman–Crippen LogP) is 1.97. The van der Waals surface area contributed by atoms with E-state index < -0.39 is 16.0 Å². The van der Waals surface area contributed by atoms with Crippen molar-refractivity contribution in [3.8, 4) is 0 Å². The second-order valence-corrected chi connectivity index (χ2v) is 9.21. The Hall–Kier alpha value is -1.93. The summed E-state index contributed by atoms with van der Waals surface area (Å²) in [5.74, 6) is -0.530. The van der Waals surface area contributed by atoms with Gasteiger partial charge in [-0.1, -0.05) is 26.0 Å². The van der Waals surface area contributed by atoms with Gasteiger partial charge in [-0.15, -0.1) is 0 Å². The van der Waals surface area contributed by atoms with Gasteiger partial charge in [0.25, 0.3) is 0 Å². The molecule has 1 aliphatic rings. The fraction of sp³-hybridized carbons (Fsp3) is 0.579. The van der Waals surface area contributed by atoms with Crippen LogP contribution in [0.5, 0.6) is 0 Å². The molecule has 0 unspecified atom stereocenters. The second kappa shape index (κ2) is 9.32. The average molecular weight is 397 g/mol. The maximum atomic E-state index is 12.8. The number of benzene rings is 1. The summed E-state index contributed by atoms with van der Waals surface area (Å²) in [7, 11) is -3.57. The molecule has 0 saturated carbocycles. The highest BCUT2D eigenvalue weighted by molar-refractivity contribution is 7.89. The first-order chi connectivity index (χ1) is 12.7. The summed E-state index contributed by atoms with van der Waals surface area (Å²) in [5.41, 5.74) is 1.11. The van der Waals surface area contributed by atoms with Crippen LogP contribution in [0.2, 0.25) is 0 Å². The zero-order chi connectivity index (χ0) is 20.0. The van der Waals surface area contributed by atoms with Gasteiger partial charge in [-0.3, -0.25) is 9.59 Å². The zero-order valence-electron chi connectivity index (χ0n) is 15.9. The molecule has 0 aliphatic carbocycles. The smallest absolute Gasteiger partial charge is 0.303 e. The van der Waals surface area contributed by atoms with Crippen LogP contribution in [0.1, 0.15) is 38.7 Å². The fourth-order valence-electron chi connectivity index (χ4n) is 3.14. The van der Waals surface area contributed by atoms with Gasteiger partial charge in [0.1, 0.15) is 0 Å². The monoisotopic (exact) mass is 396 g/mol. The van der Waals surface area contributed by atoms with Gasteiger partial charge < -0.3 is 10.0 Å². The second-order valence-electron chi connectivity index (χ2n) is 7.27. The highest BCUT2D eigenvalue weighted by Gasteiger charge is 2.29. The molecule has 7 nitrogen and oxygen atoms in total. The molecule has 1 aliphatic heterocycles. The van der Waals surface area contributed by atoms with Crippen LogP contribution < -0.4 is 0 Å². The van der Waals surface area contributed by atoms with Crippen molar-refractivity contribution in [2.45, 2.75) is 44.4 Å². The van der Waals surface area contributed by atoms with Gasteiger partial charge in [0.05, 0.1) is 4.90 Å². The molecule has 1 heterocycles. The number of nitrogens with zero attached hydrogens (tertiary/aromatic N) is 2. The minimum Gasteiger partial charge on any atom is -0.481 e. The molecule has 1 aromatic carbocycles. The molecule has 8 heteroatoms. The Morgan fingerprint density at radius 1 is 1.04 bits per heavy atom. The summed E-state index contributed by atoms with van der Waals surface area (Å²) in [6.07, 6.45) is 1.35. The van der Waals surface area contributed by atoms with Gasteiger partial charge in [-0.25, -0.2) is 8.42 Å². The molecular formula is C19H28N2O5S. The number of carbonyl (C=O) groups excluding carboxylic acids is 1. The quantitative estimate of drug-likeness (QED) is 0.725. The summed E-state index contributed by atoms with van der Waals surface area (Å²) in [6, 6.07) is 7.01. The van der Waals surface area contributed by atoms with Gasteiger partial charge in [0, 0.05) is 39.0 Å². The van der Waals surface area contributed by atoms with Crippen LogP contribution >= 0.6 is 0 Å². The first kappa shape index (κ1) is 21.4. The van der Waals surface area contributed by atoms with E-state index in [9.17, 15) is 18.0 Å². The lowest BCUT2D eigenvalue weighted by atomic mass is 10.0. The molecule has 0 spiro atoms. The van der Waals surface area contributed by atoms with Gasteiger partial charge in [-0.05, 0) is 36.5 Å². The molecule has 0 atom stereocenters. The molecule has 1 saturated heterocycles. The zero-order valence-corrected chi connectivity index (χ0v) is 16.7.